The van der Waals surface area contributed by atoms with E-state index in [1.54, 1.807) is 12.5 Å². The summed E-state index contributed by atoms with van der Waals surface area (Å²) in [4.78, 5) is 26.0. The Morgan fingerprint density at radius 3 is 2.73 bits per heavy atom. The molecule has 0 bridgehead atoms. The maximum atomic E-state index is 11.5. The topological polar surface area (TPSA) is 48.8 Å². The van der Waals surface area contributed by atoms with Crippen molar-refractivity contribution >= 4 is 45.6 Å². The number of anilines is 1. The Hall–Kier alpha value is -2.47. The lowest BCUT2D eigenvalue weighted by Crippen LogP contribution is -2.13. The molecule has 2 rings (SSSR count). The van der Waals surface area contributed by atoms with E-state index in [0.29, 0.717) is 10.6 Å². The van der Waals surface area contributed by atoms with Crippen LogP contribution in [0.2, 0.25) is 0 Å². The molecule has 0 aliphatic rings. The second-order valence-corrected chi connectivity index (χ2v) is 7.13. The third kappa shape index (κ3) is 4.38. The Morgan fingerprint density at radius 1 is 1.35 bits per heavy atom. The van der Waals surface area contributed by atoms with Crippen molar-refractivity contribution in [2.24, 2.45) is 4.99 Å². The maximum absolute atomic E-state index is 11.5. The van der Waals surface area contributed by atoms with Crippen LogP contribution in [-0.4, -0.2) is 43.7 Å². The van der Waals surface area contributed by atoms with Crippen molar-refractivity contribution in [1.82, 2.24) is 9.88 Å². The summed E-state index contributed by atoms with van der Waals surface area (Å²) in [6.07, 6.45) is 12.8. The molecule has 0 fully saturated rings. The predicted octanol–water partition coefficient (Wildman–Crippen LogP) is 5.03. The number of pyridine rings is 1. The number of hydrogen-bond acceptors (Lipinski definition) is 5. The summed E-state index contributed by atoms with van der Waals surface area (Å²) in [6, 6.07) is 1.94. The van der Waals surface area contributed by atoms with Gasteiger partial charge in [-0.25, -0.2) is 9.98 Å². The van der Waals surface area contributed by atoms with E-state index >= 15 is 0 Å². The van der Waals surface area contributed by atoms with Gasteiger partial charge in [-0.15, -0.1) is 11.3 Å². The minimum atomic E-state index is 0.593. The van der Waals surface area contributed by atoms with Crippen LogP contribution in [0.25, 0.3) is 10.2 Å². The molecule has 2 heterocycles. The number of thiophene rings is 1. The van der Waals surface area contributed by atoms with E-state index in [-0.39, 0.29) is 0 Å². The highest BCUT2D eigenvalue weighted by molar-refractivity contribution is 7.21. The summed E-state index contributed by atoms with van der Waals surface area (Å²) in [7, 11) is 5.90. The molecule has 0 saturated carbocycles. The number of unbranched alkanes of at least 4 members (excludes halogenated alkanes) is 1. The van der Waals surface area contributed by atoms with Crippen LogP contribution in [0, 0.1) is 0 Å². The van der Waals surface area contributed by atoms with Gasteiger partial charge >= 0.3 is 0 Å². The number of rotatable bonds is 8. The molecule has 6 heteroatoms. The van der Waals surface area contributed by atoms with E-state index < -0.39 is 0 Å². The van der Waals surface area contributed by atoms with Crippen molar-refractivity contribution in [2.45, 2.75) is 26.7 Å². The zero-order valence-corrected chi connectivity index (χ0v) is 16.9. The molecule has 2 aromatic heterocycles. The number of aldehydes is 1. The molecule has 0 aliphatic carbocycles. The fourth-order valence-corrected chi connectivity index (χ4v) is 3.51. The summed E-state index contributed by atoms with van der Waals surface area (Å²) in [5, 5.41) is 0.915. The zero-order chi connectivity index (χ0) is 19.1. The fraction of sp³-hybridized carbons (Fsp3) is 0.350. The van der Waals surface area contributed by atoms with Crippen LogP contribution < -0.4 is 4.90 Å². The molecule has 26 heavy (non-hydrogen) atoms. The van der Waals surface area contributed by atoms with Crippen molar-refractivity contribution in [3.8, 4) is 0 Å². The number of allylic oxidation sites excluding steroid dienone is 3. The highest BCUT2D eigenvalue weighted by Gasteiger charge is 2.16. The molecular weight excluding hydrogens is 344 g/mol. The van der Waals surface area contributed by atoms with Crippen LogP contribution in [0.5, 0.6) is 0 Å². The van der Waals surface area contributed by atoms with Crippen molar-refractivity contribution in [3.05, 3.63) is 41.1 Å². The van der Waals surface area contributed by atoms with Crippen LogP contribution in [-0.2, 0) is 0 Å². The number of hydrogen-bond donors (Lipinski definition) is 0. The maximum Gasteiger partial charge on any atom is 0.162 e. The quantitative estimate of drug-likeness (QED) is 0.283. The van der Waals surface area contributed by atoms with Gasteiger partial charge in [0.15, 0.2) is 6.29 Å². The van der Waals surface area contributed by atoms with E-state index in [0.717, 1.165) is 40.7 Å². The van der Waals surface area contributed by atoms with Gasteiger partial charge < -0.3 is 9.80 Å². The molecule has 0 unspecified atom stereocenters. The molecular formula is C20H26N4OS. The first-order chi connectivity index (χ1) is 12.5. The molecule has 0 aromatic carbocycles. The first-order valence-corrected chi connectivity index (χ1v) is 9.49. The van der Waals surface area contributed by atoms with E-state index in [1.165, 1.54) is 11.3 Å². The van der Waals surface area contributed by atoms with Gasteiger partial charge in [-0.3, -0.25) is 4.79 Å². The standard InChI is InChI=1S/C20H26N4OS/c1-6-8-9-10-15(7-2)24(5)14-22-19-17(13-25)26-20-18(19)16(23(3)4)11-12-21-20/h7,9-14H,6,8H2,1-5H3/b10-9-,15-7+,22-14?. The molecule has 0 radical (unpaired) electrons. The van der Waals surface area contributed by atoms with E-state index in [2.05, 4.69) is 29.1 Å². The Kier molecular flexibility index (Phi) is 7.09. The molecule has 138 valence electrons. The average Bonchev–Trinajstić information content (AvgIpc) is 3.00. The molecule has 5 nitrogen and oxygen atoms in total. The third-order valence-corrected chi connectivity index (χ3v) is 4.98. The number of aliphatic imine (C=N–C) groups is 1. The van der Waals surface area contributed by atoms with Gasteiger partial charge in [-0.1, -0.05) is 25.5 Å². The Bertz CT molecular complexity index is 849. The first-order valence-electron chi connectivity index (χ1n) is 8.67. The Labute approximate surface area is 159 Å². The van der Waals surface area contributed by atoms with Crippen LogP contribution in [0.1, 0.15) is 36.4 Å². The summed E-state index contributed by atoms with van der Waals surface area (Å²) >= 11 is 1.37. The molecule has 0 amide bonds. The normalized spacial score (nSPS) is 12.4. The monoisotopic (exact) mass is 370 g/mol. The molecule has 0 N–H and O–H groups in total. The van der Waals surface area contributed by atoms with Crippen molar-refractivity contribution < 1.29 is 4.79 Å². The highest BCUT2D eigenvalue weighted by Crippen LogP contribution is 2.40. The lowest BCUT2D eigenvalue weighted by Gasteiger charge is -2.15. The van der Waals surface area contributed by atoms with Gasteiger partial charge in [0.2, 0.25) is 0 Å². The number of carbonyl (C=O) groups excluding carboxylic acids is 1. The molecule has 0 saturated heterocycles. The van der Waals surface area contributed by atoms with Gasteiger partial charge in [0, 0.05) is 33.0 Å². The number of aromatic nitrogens is 1. The SMILES string of the molecule is C/C=C(\C=C/CCC)N(C)C=Nc1c(C=O)sc2nccc(N(C)C)c12. The highest BCUT2D eigenvalue weighted by atomic mass is 32.1. The Balaban J connectivity index is 2.43. The van der Waals surface area contributed by atoms with Gasteiger partial charge in [0.1, 0.15) is 4.83 Å². The minimum Gasteiger partial charge on any atom is -0.377 e. The van der Waals surface area contributed by atoms with Crippen molar-refractivity contribution in [2.75, 3.05) is 26.0 Å². The van der Waals surface area contributed by atoms with Crippen molar-refractivity contribution in [3.63, 3.8) is 0 Å². The second-order valence-electron chi connectivity index (χ2n) is 6.10. The van der Waals surface area contributed by atoms with Gasteiger partial charge in [0.05, 0.1) is 28.0 Å². The molecule has 0 aliphatic heterocycles. The largest absolute Gasteiger partial charge is 0.377 e. The lowest BCUT2D eigenvalue weighted by molar-refractivity contribution is 0.112. The smallest absolute Gasteiger partial charge is 0.162 e. The summed E-state index contributed by atoms with van der Waals surface area (Å²) in [5.74, 6) is 0. The number of fused-ring (bicyclic) bond motifs is 1. The molecule has 2 aromatic rings. The van der Waals surface area contributed by atoms with Gasteiger partial charge in [0.25, 0.3) is 0 Å². The number of carbonyl (C=O) groups is 1. The molecule has 0 spiro atoms. The van der Waals surface area contributed by atoms with Crippen molar-refractivity contribution in [1.29, 1.82) is 0 Å². The van der Waals surface area contributed by atoms with Crippen LogP contribution in [0.4, 0.5) is 11.4 Å². The predicted molar refractivity (Wildman–Crippen MR) is 113 cm³/mol. The van der Waals surface area contributed by atoms with Gasteiger partial charge in [-0.05, 0) is 25.5 Å². The first kappa shape index (κ1) is 19.8. The van der Waals surface area contributed by atoms with E-state index in [9.17, 15) is 4.79 Å². The summed E-state index contributed by atoms with van der Waals surface area (Å²) in [5.41, 5.74) is 2.74. The van der Waals surface area contributed by atoms with E-state index in [1.807, 2.05) is 50.0 Å². The van der Waals surface area contributed by atoms with Crippen LogP contribution in [0.15, 0.2) is 41.2 Å². The summed E-state index contributed by atoms with van der Waals surface area (Å²) < 4.78 is 0. The third-order valence-electron chi connectivity index (χ3n) is 3.97. The van der Waals surface area contributed by atoms with Crippen LogP contribution in [0.3, 0.4) is 0 Å². The number of nitrogens with zero attached hydrogens (tertiary/aromatic N) is 4. The number of likely N-dealkylation sites (N-methyl/N-ethyl adjacent to an activating group) is 1. The van der Waals surface area contributed by atoms with Crippen LogP contribution >= 0.6 is 11.3 Å². The molecule has 0 atom stereocenters. The summed E-state index contributed by atoms with van der Waals surface area (Å²) in [6.45, 7) is 4.16. The lowest BCUT2D eigenvalue weighted by atomic mass is 10.2. The average molecular weight is 371 g/mol. The fourth-order valence-electron chi connectivity index (χ4n) is 2.59. The van der Waals surface area contributed by atoms with Gasteiger partial charge in [-0.2, -0.15) is 0 Å². The zero-order valence-electron chi connectivity index (χ0n) is 16.1. The second kappa shape index (κ2) is 9.29. The van der Waals surface area contributed by atoms with E-state index in [4.69, 9.17) is 0 Å². The minimum absolute atomic E-state index is 0.593. The Morgan fingerprint density at radius 2 is 2.12 bits per heavy atom.